The van der Waals surface area contributed by atoms with E-state index in [1.165, 1.54) is 0 Å². The second kappa shape index (κ2) is 17.1. The van der Waals surface area contributed by atoms with Gasteiger partial charge in [-0.15, -0.1) is 0 Å². The van der Waals surface area contributed by atoms with E-state index in [0.717, 1.165) is 16.7 Å². The second-order valence-corrected chi connectivity index (χ2v) is 13.3. The van der Waals surface area contributed by atoms with Crippen LogP contribution in [-0.4, -0.2) is 34.9 Å². The Morgan fingerprint density at radius 2 is 1.02 bits per heavy atom. The topological polar surface area (TPSA) is 96.0 Å². The van der Waals surface area contributed by atoms with Gasteiger partial charge < -0.3 is 14.2 Å². The summed E-state index contributed by atoms with van der Waals surface area (Å²) in [6.07, 6.45) is 0.801. The summed E-state index contributed by atoms with van der Waals surface area (Å²) >= 11 is 6.66. The van der Waals surface area contributed by atoms with E-state index in [0.29, 0.717) is 23.4 Å². The fourth-order valence-electron chi connectivity index (χ4n) is 4.49. The quantitative estimate of drug-likeness (QED) is 0.116. The number of carbonyl (C=O) groups excluding carboxylic acids is 4. The SMILES string of the molecule is CCC(=O)CCC(=O)OC(C)(C)C.Cc1ccc(C(OC(=O)CCC(=O)OC(C)(C)C)(c2ccccc2)c2ccccc2Cl)cc1. The fraction of sp³-hybridized carbons (Fsp3) is 0.421. The first-order valence-corrected chi connectivity index (χ1v) is 15.9. The van der Waals surface area contributed by atoms with Gasteiger partial charge in [0.2, 0.25) is 0 Å². The molecule has 3 aromatic rings. The molecule has 0 fully saturated rings. The van der Waals surface area contributed by atoms with Gasteiger partial charge in [-0.05, 0) is 54.5 Å². The van der Waals surface area contributed by atoms with Crippen molar-refractivity contribution in [2.75, 3.05) is 0 Å². The molecule has 0 saturated carbocycles. The molecule has 0 N–H and O–H groups in total. The van der Waals surface area contributed by atoms with Gasteiger partial charge >= 0.3 is 17.9 Å². The molecule has 8 heteroatoms. The van der Waals surface area contributed by atoms with E-state index < -0.39 is 28.7 Å². The predicted octanol–water partition coefficient (Wildman–Crippen LogP) is 8.69. The Bertz CT molecular complexity index is 1450. The molecule has 0 aliphatic rings. The minimum Gasteiger partial charge on any atom is -0.460 e. The number of Topliss-reactive ketones (excluding diaryl/α,β-unsaturated/α-hetero) is 1. The maximum absolute atomic E-state index is 13.2. The lowest BCUT2D eigenvalue weighted by Gasteiger charge is -2.36. The number of halogens is 1. The van der Waals surface area contributed by atoms with Gasteiger partial charge in [-0.3, -0.25) is 19.2 Å². The Kier molecular flexibility index (Phi) is 14.2. The number of rotatable bonds is 11. The zero-order valence-electron chi connectivity index (χ0n) is 28.3. The first-order chi connectivity index (χ1) is 21.5. The van der Waals surface area contributed by atoms with E-state index in [9.17, 15) is 19.2 Å². The molecule has 0 heterocycles. The highest BCUT2D eigenvalue weighted by Gasteiger charge is 2.42. The molecule has 46 heavy (non-hydrogen) atoms. The predicted molar refractivity (Wildman–Crippen MR) is 181 cm³/mol. The lowest BCUT2D eigenvalue weighted by Crippen LogP contribution is -2.36. The molecule has 1 atom stereocenters. The summed E-state index contributed by atoms with van der Waals surface area (Å²) in [4.78, 5) is 47.3. The number of benzene rings is 3. The Hall–Kier alpha value is -3.97. The van der Waals surface area contributed by atoms with Crippen LogP contribution in [0.25, 0.3) is 0 Å². The van der Waals surface area contributed by atoms with Gasteiger partial charge in [0, 0.05) is 34.6 Å². The zero-order chi connectivity index (χ0) is 34.5. The molecule has 7 nitrogen and oxygen atoms in total. The van der Waals surface area contributed by atoms with Crippen molar-refractivity contribution < 1.29 is 33.4 Å². The lowest BCUT2D eigenvalue weighted by molar-refractivity contribution is -0.161. The van der Waals surface area contributed by atoms with Crippen molar-refractivity contribution in [3.8, 4) is 0 Å². The van der Waals surface area contributed by atoms with Crippen LogP contribution >= 0.6 is 11.6 Å². The van der Waals surface area contributed by atoms with Crippen molar-refractivity contribution in [2.24, 2.45) is 0 Å². The molecule has 1 unspecified atom stereocenters. The van der Waals surface area contributed by atoms with Crippen molar-refractivity contribution in [1.82, 2.24) is 0 Å². The van der Waals surface area contributed by atoms with Gasteiger partial charge in [0.05, 0.1) is 19.3 Å². The standard InChI is InChI=1S/C28H29ClO4.C10H18O3/c1-20-14-16-22(17-15-20)28(21-10-6-5-7-11-21,23-12-8-9-13-24(23)29)33-26(31)19-18-25(30)32-27(2,3)4;1-5-8(11)6-7-9(12)13-10(2,3)4/h5-17H,18-19H2,1-4H3;5-7H2,1-4H3. The molecule has 0 radical (unpaired) electrons. The molecule has 3 rings (SSSR count). The molecule has 3 aromatic carbocycles. The number of hydrogen-bond acceptors (Lipinski definition) is 7. The minimum absolute atomic E-state index is 0.0720. The molecule has 0 aromatic heterocycles. The Labute approximate surface area is 278 Å². The van der Waals surface area contributed by atoms with Gasteiger partial charge in [0.25, 0.3) is 0 Å². The van der Waals surface area contributed by atoms with Crippen molar-refractivity contribution >= 4 is 35.3 Å². The number of ether oxygens (including phenoxy) is 3. The smallest absolute Gasteiger partial charge is 0.307 e. The van der Waals surface area contributed by atoms with Crippen molar-refractivity contribution in [3.05, 3.63) is 106 Å². The first-order valence-electron chi connectivity index (χ1n) is 15.5. The first kappa shape index (κ1) is 38.2. The summed E-state index contributed by atoms with van der Waals surface area (Å²) in [5.41, 5.74) is 0.896. The van der Waals surface area contributed by atoms with Crippen LogP contribution in [0.4, 0.5) is 0 Å². The highest BCUT2D eigenvalue weighted by atomic mass is 35.5. The summed E-state index contributed by atoms with van der Waals surface area (Å²) in [6.45, 7) is 14.6. The van der Waals surface area contributed by atoms with E-state index in [4.69, 9.17) is 25.8 Å². The van der Waals surface area contributed by atoms with Gasteiger partial charge in [0.15, 0.2) is 5.60 Å². The molecule has 0 aliphatic carbocycles. The number of hydrogen-bond donors (Lipinski definition) is 0. The average Bonchev–Trinajstić information content (AvgIpc) is 2.97. The molecule has 0 saturated heterocycles. The van der Waals surface area contributed by atoms with Crippen LogP contribution in [0.2, 0.25) is 5.02 Å². The highest BCUT2D eigenvalue weighted by Crippen LogP contribution is 2.43. The van der Waals surface area contributed by atoms with Crippen LogP contribution in [0, 0.1) is 6.92 Å². The van der Waals surface area contributed by atoms with Crippen LogP contribution in [0.5, 0.6) is 0 Å². The number of esters is 3. The van der Waals surface area contributed by atoms with Crippen molar-refractivity contribution in [2.45, 2.75) is 104 Å². The maximum atomic E-state index is 13.2. The zero-order valence-corrected chi connectivity index (χ0v) is 29.0. The van der Waals surface area contributed by atoms with Crippen LogP contribution in [-0.2, 0) is 39.0 Å². The van der Waals surface area contributed by atoms with Gasteiger partial charge in [-0.1, -0.05) is 96.9 Å². The summed E-state index contributed by atoms with van der Waals surface area (Å²) in [6, 6.07) is 24.6. The molecule has 0 amide bonds. The van der Waals surface area contributed by atoms with Crippen LogP contribution < -0.4 is 0 Å². The summed E-state index contributed by atoms with van der Waals surface area (Å²) in [7, 11) is 0. The Balaban J connectivity index is 0.000000479. The van der Waals surface area contributed by atoms with Gasteiger partial charge in [0.1, 0.15) is 17.0 Å². The second-order valence-electron chi connectivity index (χ2n) is 12.9. The molecule has 0 spiro atoms. The number of carbonyl (C=O) groups is 4. The van der Waals surface area contributed by atoms with E-state index in [-0.39, 0.29) is 31.0 Å². The van der Waals surface area contributed by atoms with E-state index in [1.807, 2.05) is 100 Å². The molecule has 0 bridgehead atoms. The van der Waals surface area contributed by atoms with Crippen molar-refractivity contribution in [1.29, 1.82) is 0 Å². The number of ketones is 1. The molecular formula is C38H47ClO7. The van der Waals surface area contributed by atoms with Crippen LogP contribution in [0.3, 0.4) is 0 Å². The molecule has 248 valence electrons. The minimum atomic E-state index is -1.28. The largest absolute Gasteiger partial charge is 0.460 e. The lowest BCUT2D eigenvalue weighted by atomic mass is 9.79. The summed E-state index contributed by atoms with van der Waals surface area (Å²) in [5.74, 6) is -1.16. The Morgan fingerprint density at radius 1 is 0.587 bits per heavy atom. The highest BCUT2D eigenvalue weighted by molar-refractivity contribution is 6.31. The van der Waals surface area contributed by atoms with E-state index >= 15 is 0 Å². The van der Waals surface area contributed by atoms with Crippen LogP contribution in [0.15, 0.2) is 78.9 Å². The third-order valence-corrected chi connectivity index (χ3v) is 6.86. The third kappa shape index (κ3) is 12.4. The van der Waals surface area contributed by atoms with Gasteiger partial charge in [-0.25, -0.2) is 0 Å². The fourth-order valence-corrected chi connectivity index (χ4v) is 4.76. The third-order valence-electron chi connectivity index (χ3n) is 6.53. The maximum Gasteiger partial charge on any atom is 0.307 e. The van der Waals surface area contributed by atoms with Gasteiger partial charge in [-0.2, -0.15) is 0 Å². The normalized spacial score (nSPS) is 12.5. The summed E-state index contributed by atoms with van der Waals surface area (Å²) in [5, 5.41) is 0.474. The average molecular weight is 651 g/mol. The van der Waals surface area contributed by atoms with Crippen molar-refractivity contribution in [3.63, 3.8) is 0 Å². The van der Waals surface area contributed by atoms with E-state index in [1.54, 1.807) is 33.8 Å². The number of aryl methyl sites for hydroxylation is 1. The molecular weight excluding hydrogens is 604 g/mol. The monoisotopic (exact) mass is 650 g/mol. The van der Waals surface area contributed by atoms with E-state index in [2.05, 4.69) is 0 Å². The van der Waals surface area contributed by atoms with Crippen LogP contribution in [0.1, 0.15) is 103 Å². The summed E-state index contributed by atoms with van der Waals surface area (Å²) < 4.78 is 16.6. The Morgan fingerprint density at radius 3 is 1.50 bits per heavy atom. The molecule has 0 aliphatic heterocycles.